The third-order valence-electron chi connectivity index (χ3n) is 4.69. The number of aryl methyl sites for hydroxylation is 1. The molecule has 1 heterocycles. The molecule has 126 valence electrons. The van der Waals surface area contributed by atoms with E-state index in [-0.39, 0.29) is 18.3 Å². The number of piperidine rings is 1. The minimum atomic E-state index is -0.408. The molecule has 0 radical (unpaired) electrons. The minimum absolute atomic E-state index is 0.0689. The van der Waals surface area contributed by atoms with Crippen LogP contribution in [0, 0.1) is 18.8 Å². The van der Waals surface area contributed by atoms with Gasteiger partial charge in [-0.25, -0.2) is 0 Å². The molecule has 1 aliphatic heterocycles. The highest BCUT2D eigenvalue weighted by Crippen LogP contribution is 2.20. The predicted octanol–water partition coefficient (Wildman–Crippen LogP) is 2.98. The van der Waals surface area contributed by atoms with Gasteiger partial charge in [0, 0.05) is 19.5 Å². The van der Waals surface area contributed by atoms with Crippen LogP contribution in [0.15, 0.2) is 24.3 Å². The van der Waals surface area contributed by atoms with Crippen LogP contribution < -0.4 is 0 Å². The summed E-state index contributed by atoms with van der Waals surface area (Å²) in [5.74, 6) is 0.0429. The monoisotopic (exact) mass is 317 g/mol. The Labute approximate surface area is 138 Å². The van der Waals surface area contributed by atoms with Crippen LogP contribution in [0.1, 0.15) is 37.3 Å². The number of hydrogen-bond donors (Lipinski definition) is 0. The van der Waals surface area contributed by atoms with Crippen LogP contribution in [0.5, 0.6) is 0 Å². The maximum Gasteiger partial charge on any atom is 0.309 e. The van der Waals surface area contributed by atoms with Crippen molar-refractivity contribution in [2.24, 2.45) is 11.8 Å². The lowest BCUT2D eigenvalue weighted by Gasteiger charge is -2.31. The van der Waals surface area contributed by atoms with Crippen LogP contribution in [0.4, 0.5) is 0 Å². The fourth-order valence-corrected chi connectivity index (χ4v) is 3.01. The third-order valence-corrected chi connectivity index (χ3v) is 4.69. The molecule has 23 heavy (non-hydrogen) atoms. The lowest BCUT2D eigenvalue weighted by Crippen LogP contribution is -2.39. The molecule has 1 aromatic carbocycles. The van der Waals surface area contributed by atoms with Crippen LogP contribution in [0.2, 0.25) is 0 Å². The summed E-state index contributed by atoms with van der Waals surface area (Å²) in [4.78, 5) is 26.5. The predicted molar refractivity (Wildman–Crippen MR) is 90.0 cm³/mol. The largest absolute Gasteiger partial charge is 0.469 e. The summed E-state index contributed by atoms with van der Waals surface area (Å²) in [6.45, 7) is 5.86. The molecule has 0 bridgehead atoms. The van der Waals surface area contributed by atoms with Crippen molar-refractivity contribution < 1.29 is 14.3 Å². The molecular formula is C19H27NO3. The Morgan fingerprint density at radius 2 is 1.83 bits per heavy atom. The number of ether oxygens (including phenoxy) is 1. The number of carbonyl (C=O) groups is 2. The van der Waals surface area contributed by atoms with Crippen LogP contribution in [0.25, 0.3) is 0 Å². The van der Waals surface area contributed by atoms with Crippen LogP contribution in [-0.2, 0) is 20.7 Å². The minimum Gasteiger partial charge on any atom is -0.469 e. The zero-order valence-electron chi connectivity index (χ0n) is 14.4. The van der Waals surface area contributed by atoms with Gasteiger partial charge in [0.2, 0.25) is 5.91 Å². The van der Waals surface area contributed by atoms with Crippen molar-refractivity contribution in [2.45, 2.75) is 39.5 Å². The molecule has 1 fully saturated rings. The Hall–Kier alpha value is -1.84. The Morgan fingerprint density at radius 3 is 2.39 bits per heavy atom. The lowest BCUT2D eigenvalue weighted by atomic mass is 9.94. The summed E-state index contributed by atoms with van der Waals surface area (Å²) < 4.78 is 4.90. The van der Waals surface area contributed by atoms with Crippen molar-refractivity contribution in [2.75, 3.05) is 20.2 Å². The van der Waals surface area contributed by atoms with Gasteiger partial charge in [-0.3, -0.25) is 9.59 Å². The number of esters is 1. The number of benzene rings is 1. The van der Waals surface area contributed by atoms with E-state index in [1.165, 1.54) is 12.7 Å². The number of amides is 1. The number of methoxy groups -OCH3 is 1. The van der Waals surface area contributed by atoms with Gasteiger partial charge >= 0.3 is 5.97 Å². The molecule has 0 aliphatic carbocycles. The maximum atomic E-state index is 12.5. The Balaban J connectivity index is 1.99. The second-order valence-electron chi connectivity index (χ2n) is 6.68. The number of carbonyl (C=O) groups excluding carboxylic acids is 2. The summed E-state index contributed by atoms with van der Waals surface area (Å²) >= 11 is 0. The average Bonchev–Trinajstić information content (AvgIpc) is 2.56. The van der Waals surface area contributed by atoms with E-state index in [1.807, 2.05) is 36.1 Å². The first-order valence-corrected chi connectivity index (χ1v) is 8.40. The fraction of sp³-hybridized carbons (Fsp3) is 0.579. The van der Waals surface area contributed by atoms with Gasteiger partial charge < -0.3 is 9.64 Å². The first-order valence-electron chi connectivity index (χ1n) is 8.40. The molecule has 4 nitrogen and oxygen atoms in total. The lowest BCUT2D eigenvalue weighted by molar-refractivity contribution is -0.149. The van der Waals surface area contributed by atoms with Crippen LogP contribution in [-0.4, -0.2) is 37.0 Å². The summed E-state index contributed by atoms with van der Waals surface area (Å²) in [5.41, 5.74) is 2.24. The van der Waals surface area contributed by atoms with Gasteiger partial charge in [0.15, 0.2) is 0 Å². The second kappa shape index (κ2) is 8.14. The molecule has 0 spiro atoms. The Kier molecular flexibility index (Phi) is 6.20. The topological polar surface area (TPSA) is 46.6 Å². The zero-order valence-corrected chi connectivity index (χ0v) is 14.4. The van der Waals surface area contributed by atoms with E-state index in [1.54, 1.807) is 0 Å². The standard InChI is InChI=1S/C19H27NO3/c1-14-4-6-16(7-5-14)12-17(19(22)23-3)13-18(21)20-10-8-15(2)9-11-20/h4-7,15,17H,8-13H2,1-3H3. The highest BCUT2D eigenvalue weighted by molar-refractivity contribution is 5.83. The van der Waals surface area contributed by atoms with Gasteiger partial charge in [0.05, 0.1) is 13.0 Å². The molecule has 0 N–H and O–H groups in total. The molecular weight excluding hydrogens is 290 g/mol. The van der Waals surface area contributed by atoms with Crippen molar-refractivity contribution in [3.63, 3.8) is 0 Å². The van der Waals surface area contributed by atoms with Gasteiger partial charge in [-0.1, -0.05) is 36.8 Å². The first kappa shape index (κ1) is 17.5. The average molecular weight is 317 g/mol. The molecule has 1 aliphatic rings. The quantitative estimate of drug-likeness (QED) is 0.784. The van der Waals surface area contributed by atoms with Crippen molar-refractivity contribution in [3.8, 4) is 0 Å². The molecule has 1 unspecified atom stereocenters. The van der Waals surface area contributed by atoms with Gasteiger partial charge in [-0.2, -0.15) is 0 Å². The van der Waals surface area contributed by atoms with E-state index in [0.29, 0.717) is 12.3 Å². The van der Waals surface area contributed by atoms with E-state index >= 15 is 0 Å². The van der Waals surface area contributed by atoms with Crippen LogP contribution >= 0.6 is 0 Å². The summed E-state index contributed by atoms with van der Waals surface area (Å²) in [7, 11) is 1.39. The molecule has 0 saturated carbocycles. The highest BCUT2D eigenvalue weighted by atomic mass is 16.5. The van der Waals surface area contributed by atoms with E-state index in [4.69, 9.17) is 4.74 Å². The van der Waals surface area contributed by atoms with E-state index < -0.39 is 5.92 Å². The van der Waals surface area contributed by atoms with Gasteiger partial charge in [0.25, 0.3) is 0 Å². The van der Waals surface area contributed by atoms with Gasteiger partial charge in [-0.05, 0) is 37.7 Å². The Morgan fingerprint density at radius 1 is 1.22 bits per heavy atom. The Bertz CT molecular complexity index is 530. The molecule has 1 atom stereocenters. The molecule has 0 aromatic heterocycles. The normalized spacial score (nSPS) is 16.9. The van der Waals surface area contributed by atoms with Crippen molar-refractivity contribution in [3.05, 3.63) is 35.4 Å². The van der Waals surface area contributed by atoms with Crippen molar-refractivity contribution in [1.82, 2.24) is 4.90 Å². The van der Waals surface area contributed by atoms with Crippen molar-refractivity contribution in [1.29, 1.82) is 0 Å². The van der Waals surface area contributed by atoms with Gasteiger partial charge in [0.1, 0.15) is 0 Å². The number of rotatable bonds is 5. The summed E-state index contributed by atoms with van der Waals surface area (Å²) in [5, 5.41) is 0. The zero-order chi connectivity index (χ0) is 16.8. The molecule has 2 rings (SSSR count). The fourth-order valence-electron chi connectivity index (χ4n) is 3.01. The van der Waals surface area contributed by atoms with E-state index in [9.17, 15) is 9.59 Å². The third kappa shape index (κ3) is 5.08. The SMILES string of the molecule is COC(=O)C(CC(=O)N1CCC(C)CC1)Cc1ccc(C)cc1. The van der Waals surface area contributed by atoms with E-state index in [2.05, 4.69) is 6.92 Å². The van der Waals surface area contributed by atoms with Crippen LogP contribution in [0.3, 0.4) is 0 Å². The number of hydrogen-bond acceptors (Lipinski definition) is 3. The van der Waals surface area contributed by atoms with E-state index in [0.717, 1.165) is 31.5 Å². The molecule has 1 amide bonds. The molecule has 4 heteroatoms. The first-order chi connectivity index (χ1) is 11.0. The second-order valence-corrected chi connectivity index (χ2v) is 6.68. The van der Waals surface area contributed by atoms with Gasteiger partial charge in [-0.15, -0.1) is 0 Å². The summed E-state index contributed by atoms with van der Waals surface area (Å²) in [6.07, 6.45) is 2.87. The number of likely N-dealkylation sites (tertiary alicyclic amines) is 1. The smallest absolute Gasteiger partial charge is 0.309 e. The number of nitrogens with zero attached hydrogens (tertiary/aromatic N) is 1. The summed E-state index contributed by atoms with van der Waals surface area (Å²) in [6, 6.07) is 8.08. The highest BCUT2D eigenvalue weighted by Gasteiger charge is 2.27. The maximum absolute atomic E-state index is 12.5. The molecule has 1 saturated heterocycles. The molecule has 1 aromatic rings. The van der Waals surface area contributed by atoms with Crippen molar-refractivity contribution >= 4 is 11.9 Å².